The number of thiazole rings is 1. The van der Waals surface area contributed by atoms with Crippen molar-refractivity contribution in [3.63, 3.8) is 0 Å². The second kappa shape index (κ2) is 9.42. The van der Waals surface area contributed by atoms with Crippen LogP contribution >= 0.6 is 34.9 Å². The van der Waals surface area contributed by atoms with Crippen molar-refractivity contribution in [1.29, 1.82) is 0 Å². The summed E-state index contributed by atoms with van der Waals surface area (Å²) in [6, 6.07) is 13.7. The highest BCUT2D eigenvalue weighted by atomic mass is 32.2. The average molecular weight is 473 g/mol. The lowest BCUT2D eigenvalue weighted by atomic mass is 10.1. The molecule has 2 aliphatic rings. The molecule has 0 radical (unpaired) electrons. The summed E-state index contributed by atoms with van der Waals surface area (Å²) in [6.07, 6.45) is 0. The Hall–Kier alpha value is -2.36. The molecule has 1 amide bonds. The van der Waals surface area contributed by atoms with Gasteiger partial charge in [0, 0.05) is 22.4 Å². The number of nitrogens with one attached hydrogen (secondary N) is 1. The first-order valence-electron chi connectivity index (χ1n) is 9.86. The first-order chi connectivity index (χ1) is 15.2. The molecular weight excluding hydrogens is 452 g/mol. The van der Waals surface area contributed by atoms with Gasteiger partial charge in [0.2, 0.25) is 0 Å². The Balaban J connectivity index is 1.15. The van der Waals surface area contributed by atoms with Crippen molar-refractivity contribution < 1.29 is 19.0 Å². The number of ether oxygens (including phenoxy) is 3. The predicted molar refractivity (Wildman–Crippen MR) is 127 cm³/mol. The number of hydrogen-bond acceptors (Lipinski definition) is 8. The van der Waals surface area contributed by atoms with Crippen molar-refractivity contribution in [3.05, 3.63) is 53.4 Å². The highest BCUT2D eigenvalue weighted by Crippen LogP contribution is 2.45. The Morgan fingerprint density at radius 1 is 1.06 bits per heavy atom. The van der Waals surface area contributed by atoms with Gasteiger partial charge in [-0.2, -0.15) is 0 Å². The van der Waals surface area contributed by atoms with E-state index in [0.29, 0.717) is 34.4 Å². The van der Waals surface area contributed by atoms with E-state index in [9.17, 15) is 4.79 Å². The van der Waals surface area contributed by atoms with Crippen LogP contribution in [0.4, 0.5) is 5.13 Å². The number of benzene rings is 2. The molecule has 31 heavy (non-hydrogen) atoms. The summed E-state index contributed by atoms with van der Waals surface area (Å²) in [5.41, 5.74) is 2.98. The smallest absolute Gasteiger partial charge is 0.264 e. The van der Waals surface area contributed by atoms with Crippen LogP contribution < -0.4 is 19.5 Å². The maximum absolute atomic E-state index is 12.3. The first-order valence-corrected chi connectivity index (χ1v) is 12.8. The van der Waals surface area contributed by atoms with E-state index in [0.717, 1.165) is 17.0 Å². The molecule has 2 aromatic carbocycles. The van der Waals surface area contributed by atoms with Gasteiger partial charge in [0.25, 0.3) is 5.91 Å². The third-order valence-corrected chi connectivity index (χ3v) is 8.59. The molecule has 0 spiro atoms. The highest BCUT2D eigenvalue weighted by Gasteiger charge is 2.18. The molecular formula is C22H20N2O4S3. The van der Waals surface area contributed by atoms with Crippen molar-refractivity contribution in [2.75, 3.05) is 36.6 Å². The molecule has 0 bridgehead atoms. The highest BCUT2D eigenvalue weighted by molar-refractivity contribution is 8.19. The SMILES string of the molecule is O=C(COc1ccc(C2SCCS2)cc1)Nc1nc(-c2ccc3c(c2)OCCO3)cs1. The quantitative estimate of drug-likeness (QED) is 0.537. The molecule has 2 aliphatic heterocycles. The number of thioether (sulfide) groups is 2. The van der Waals surface area contributed by atoms with Gasteiger partial charge in [-0.25, -0.2) is 4.98 Å². The van der Waals surface area contributed by atoms with Crippen LogP contribution in [0.25, 0.3) is 11.3 Å². The van der Waals surface area contributed by atoms with Gasteiger partial charge in [-0.15, -0.1) is 34.9 Å². The van der Waals surface area contributed by atoms with E-state index in [2.05, 4.69) is 22.4 Å². The van der Waals surface area contributed by atoms with Gasteiger partial charge in [0.1, 0.15) is 19.0 Å². The van der Waals surface area contributed by atoms with Crippen molar-refractivity contribution in [2.24, 2.45) is 0 Å². The number of hydrogen-bond donors (Lipinski definition) is 1. The third kappa shape index (κ3) is 4.94. The van der Waals surface area contributed by atoms with Gasteiger partial charge in [0.05, 0.1) is 10.3 Å². The van der Waals surface area contributed by atoms with Crippen LogP contribution in [0.3, 0.4) is 0 Å². The number of amides is 1. The van der Waals surface area contributed by atoms with E-state index < -0.39 is 0 Å². The molecule has 1 aromatic heterocycles. The van der Waals surface area contributed by atoms with E-state index in [1.807, 2.05) is 59.2 Å². The number of carbonyl (C=O) groups is 1. The maximum atomic E-state index is 12.3. The van der Waals surface area contributed by atoms with Crippen LogP contribution in [0.2, 0.25) is 0 Å². The lowest BCUT2D eigenvalue weighted by Crippen LogP contribution is -2.20. The van der Waals surface area contributed by atoms with Crippen LogP contribution in [0.5, 0.6) is 17.2 Å². The molecule has 3 aromatic rings. The van der Waals surface area contributed by atoms with Crippen LogP contribution in [-0.4, -0.2) is 42.2 Å². The fourth-order valence-corrected chi connectivity index (χ4v) is 6.84. The summed E-state index contributed by atoms with van der Waals surface area (Å²) in [5.74, 6) is 4.29. The molecule has 5 rings (SSSR count). The molecule has 6 nitrogen and oxygen atoms in total. The standard InChI is InChI=1S/C22H20N2O4S3/c25-20(12-28-16-4-1-14(2-5-16)21-29-9-10-30-21)24-22-23-17(13-31-22)15-3-6-18-19(11-15)27-8-7-26-18/h1-6,11,13,21H,7-10,12H2,(H,23,24,25). The lowest BCUT2D eigenvalue weighted by Gasteiger charge is -2.18. The second-order valence-corrected chi connectivity index (χ2v) is 10.5. The van der Waals surface area contributed by atoms with E-state index in [4.69, 9.17) is 14.2 Å². The summed E-state index contributed by atoms with van der Waals surface area (Å²) in [5, 5.41) is 5.24. The van der Waals surface area contributed by atoms with Gasteiger partial charge in [-0.1, -0.05) is 12.1 Å². The average Bonchev–Trinajstić information content (AvgIpc) is 3.50. The van der Waals surface area contributed by atoms with Crippen LogP contribution in [0, 0.1) is 0 Å². The van der Waals surface area contributed by atoms with E-state index in [-0.39, 0.29) is 12.5 Å². The minimum absolute atomic E-state index is 0.0643. The number of fused-ring (bicyclic) bond motifs is 1. The third-order valence-electron chi connectivity index (χ3n) is 4.73. The maximum Gasteiger partial charge on any atom is 0.264 e. The number of anilines is 1. The van der Waals surface area contributed by atoms with Gasteiger partial charge >= 0.3 is 0 Å². The topological polar surface area (TPSA) is 69.7 Å². The first kappa shape index (κ1) is 20.5. The van der Waals surface area contributed by atoms with Crippen molar-refractivity contribution in [2.45, 2.75) is 4.58 Å². The lowest BCUT2D eigenvalue weighted by molar-refractivity contribution is -0.118. The Morgan fingerprint density at radius 2 is 1.84 bits per heavy atom. The van der Waals surface area contributed by atoms with Crippen LogP contribution in [-0.2, 0) is 4.79 Å². The Morgan fingerprint density at radius 3 is 2.65 bits per heavy atom. The summed E-state index contributed by atoms with van der Waals surface area (Å²) < 4.78 is 17.3. The zero-order valence-electron chi connectivity index (χ0n) is 16.5. The number of aromatic nitrogens is 1. The zero-order chi connectivity index (χ0) is 21.0. The van der Waals surface area contributed by atoms with E-state index >= 15 is 0 Å². The largest absolute Gasteiger partial charge is 0.486 e. The summed E-state index contributed by atoms with van der Waals surface area (Å²) >= 11 is 5.31. The van der Waals surface area contributed by atoms with Gasteiger partial charge in [-0.3, -0.25) is 10.1 Å². The van der Waals surface area contributed by atoms with Crippen LogP contribution in [0.15, 0.2) is 47.8 Å². The molecule has 0 unspecified atom stereocenters. The number of carbonyl (C=O) groups excluding carboxylic acids is 1. The van der Waals surface area contributed by atoms with Crippen molar-refractivity contribution in [3.8, 4) is 28.5 Å². The normalized spacial score (nSPS) is 15.6. The Labute approximate surface area is 192 Å². The summed E-state index contributed by atoms with van der Waals surface area (Å²) in [4.78, 5) is 16.8. The van der Waals surface area contributed by atoms with Crippen LogP contribution in [0.1, 0.15) is 10.1 Å². The van der Waals surface area contributed by atoms with E-state index in [1.165, 1.54) is 28.4 Å². The minimum Gasteiger partial charge on any atom is -0.486 e. The molecule has 0 aliphatic carbocycles. The summed E-state index contributed by atoms with van der Waals surface area (Å²) in [7, 11) is 0. The Bertz CT molecular complexity index is 1060. The molecule has 3 heterocycles. The van der Waals surface area contributed by atoms with Crippen molar-refractivity contribution in [1.82, 2.24) is 4.98 Å². The van der Waals surface area contributed by atoms with Crippen molar-refractivity contribution >= 4 is 45.9 Å². The molecule has 1 saturated heterocycles. The fraction of sp³-hybridized carbons (Fsp3) is 0.273. The molecule has 160 valence electrons. The van der Waals surface area contributed by atoms with Gasteiger partial charge in [0.15, 0.2) is 23.2 Å². The minimum atomic E-state index is -0.242. The number of nitrogens with zero attached hydrogens (tertiary/aromatic N) is 1. The molecule has 9 heteroatoms. The fourth-order valence-electron chi connectivity index (χ4n) is 3.24. The van der Waals surface area contributed by atoms with E-state index in [1.54, 1.807) is 0 Å². The molecule has 0 saturated carbocycles. The summed E-state index contributed by atoms with van der Waals surface area (Å²) in [6.45, 7) is 1.03. The molecule has 1 N–H and O–H groups in total. The van der Waals surface area contributed by atoms with Gasteiger partial charge in [-0.05, 0) is 35.9 Å². The predicted octanol–water partition coefficient (Wildman–Crippen LogP) is 5.08. The monoisotopic (exact) mass is 472 g/mol. The zero-order valence-corrected chi connectivity index (χ0v) is 19.0. The molecule has 0 atom stereocenters. The number of rotatable bonds is 6. The van der Waals surface area contributed by atoms with Gasteiger partial charge < -0.3 is 14.2 Å². The molecule has 1 fully saturated rings. The Kier molecular flexibility index (Phi) is 6.24. The second-order valence-electron chi connectivity index (χ2n) is 6.88.